The van der Waals surface area contributed by atoms with Crippen molar-refractivity contribution in [3.05, 3.63) is 72.8 Å². The highest BCUT2D eigenvalue weighted by Gasteiger charge is 2.28. The Labute approximate surface area is 162 Å². The molecule has 0 amide bonds. The van der Waals surface area contributed by atoms with Crippen LogP contribution in [0.1, 0.15) is 25.9 Å². The molecule has 0 saturated heterocycles. The Bertz CT molecular complexity index is 1260. The molecule has 0 aliphatic carbocycles. The third kappa shape index (κ3) is 2.43. The van der Waals surface area contributed by atoms with Crippen molar-refractivity contribution in [2.24, 2.45) is 0 Å². The first kappa shape index (κ1) is 16.7. The van der Waals surface area contributed by atoms with Crippen molar-refractivity contribution in [1.82, 2.24) is 19.6 Å². The molecule has 3 aromatic carbocycles. The highest BCUT2D eigenvalue weighted by molar-refractivity contribution is 6.09. The summed E-state index contributed by atoms with van der Waals surface area (Å²) in [4.78, 5) is 13.4. The number of Topliss-reactive ketones (excluding diaryl/α,β-unsaturated/α-hetero) is 1. The number of benzene rings is 3. The quantitative estimate of drug-likeness (QED) is 0.441. The van der Waals surface area contributed by atoms with Crippen molar-refractivity contribution in [2.45, 2.75) is 25.9 Å². The summed E-state index contributed by atoms with van der Waals surface area (Å²) in [6.45, 7) is 2.03. The van der Waals surface area contributed by atoms with E-state index >= 15 is 0 Å². The monoisotopic (exact) mass is 368 g/mol. The van der Waals surface area contributed by atoms with Crippen molar-refractivity contribution in [3.8, 4) is 0 Å². The SMILES string of the molecule is CCCC(=O)C(n1nnc2ccccc21)n1c2ccccc2c2ccccc21. The van der Waals surface area contributed by atoms with Crippen molar-refractivity contribution >= 4 is 38.6 Å². The zero-order valence-corrected chi connectivity index (χ0v) is 15.6. The normalized spacial score (nSPS) is 12.8. The summed E-state index contributed by atoms with van der Waals surface area (Å²) in [5, 5.41) is 11.0. The molecule has 2 heterocycles. The van der Waals surface area contributed by atoms with Crippen LogP contribution >= 0.6 is 0 Å². The predicted molar refractivity (Wildman–Crippen MR) is 111 cm³/mol. The zero-order valence-electron chi connectivity index (χ0n) is 15.6. The second-order valence-corrected chi connectivity index (χ2v) is 7.02. The fraction of sp³-hybridized carbons (Fsp3) is 0.174. The molecule has 0 bridgehead atoms. The lowest BCUT2D eigenvalue weighted by Crippen LogP contribution is -2.27. The fourth-order valence-corrected chi connectivity index (χ4v) is 4.05. The summed E-state index contributed by atoms with van der Waals surface area (Å²) in [7, 11) is 0. The molecular formula is C23H20N4O. The number of rotatable bonds is 5. The molecule has 0 fully saturated rings. The molecule has 1 atom stereocenters. The van der Waals surface area contributed by atoms with E-state index < -0.39 is 6.17 Å². The molecule has 5 heteroatoms. The number of carbonyl (C=O) groups excluding carboxylic acids is 1. The summed E-state index contributed by atoms with van der Waals surface area (Å²) in [5.41, 5.74) is 3.70. The van der Waals surface area contributed by atoms with Crippen LogP contribution in [0.5, 0.6) is 0 Å². The van der Waals surface area contributed by atoms with Crippen LogP contribution in [0, 0.1) is 0 Å². The number of carbonyl (C=O) groups is 1. The van der Waals surface area contributed by atoms with Crippen LogP contribution in [-0.4, -0.2) is 25.3 Å². The van der Waals surface area contributed by atoms with Crippen molar-refractivity contribution < 1.29 is 4.79 Å². The fourth-order valence-electron chi connectivity index (χ4n) is 4.05. The van der Waals surface area contributed by atoms with Crippen LogP contribution in [-0.2, 0) is 4.79 Å². The molecule has 0 spiro atoms. The maximum Gasteiger partial charge on any atom is 0.189 e. The molecule has 0 aliphatic heterocycles. The summed E-state index contributed by atoms with van der Waals surface area (Å²) in [6, 6.07) is 24.2. The first-order valence-corrected chi connectivity index (χ1v) is 9.60. The lowest BCUT2D eigenvalue weighted by Gasteiger charge is -2.21. The van der Waals surface area contributed by atoms with Crippen molar-refractivity contribution in [2.75, 3.05) is 0 Å². The molecule has 1 unspecified atom stereocenters. The summed E-state index contributed by atoms with van der Waals surface area (Å²) in [5.74, 6) is 0.129. The Hall–Kier alpha value is -3.47. The van der Waals surface area contributed by atoms with Crippen LogP contribution in [0.3, 0.4) is 0 Å². The molecule has 5 nitrogen and oxygen atoms in total. The molecule has 5 aromatic rings. The lowest BCUT2D eigenvalue weighted by atomic mass is 10.1. The highest BCUT2D eigenvalue weighted by Crippen LogP contribution is 2.33. The van der Waals surface area contributed by atoms with Gasteiger partial charge in [-0.05, 0) is 30.7 Å². The zero-order chi connectivity index (χ0) is 19.1. The number of hydrogen-bond donors (Lipinski definition) is 0. The maximum absolute atomic E-state index is 13.4. The first-order valence-electron chi connectivity index (χ1n) is 9.60. The summed E-state index contributed by atoms with van der Waals surface area (Å²) >= 11 is 0. The Kier molecular flexibility index (Phi) is 3.93. The number of fused-ring (bicyclic) bond motifs is 4. The van der Waals surface area contributed by atoms with E-state index in [1.165, 1.54) is 0 Å². The molecule has 28 heavy (non-hydrogen) atoms. The van der Waals surface area contributed by atoms with Crippen LogP contribution < -0.4 is 0 Å². The number of hydrogen-bond acceptors (Lipinski definition) is 3. The second kappa shape index (κ2) is 6.60. The van der Waals surface area contributed by atoms with E-state index in [0.717, 1.165) is 39.3 Å². The van der Waals surface area contributed by atoms with E-state index in [0.29, 0.717) is 6.42 Å². The van der Waals surface area contributed by atoms with Crippen LogP contribution in [0.15, 0.2) is 72.8 Å². The predicted octanol–water partition coefficient (Wildman–Crippen LogP) is 4.96. The molecule has 138 valence electrons. The lowest BCUT2D eigenvalue weighted by molar-refractivity contribution is -0.123. The Morgan fingerprint density at radius 2 is 1.43 bits per heavy atom. The Balaban J connectivity index is 1.87. The second-order valence-electron chi connectivity index (χ2n) is 7.02. The largest absolute Gasteiger partial charge is 0.311 e. The first-order chi connectivity index (χ1) is 13.8. The van der Waals surface area contributed by atoms with Gasteiger partial charge in [-0.2, -0.15) is 0 Å². The summed E-state index contributed by atoms with van der Waals surface area (Å²) in [6.07, 6.45) is 0.704. The number of ketones is 1. The number of aromatic nitrogens is 4. The average Bonchev–Trinajstić information content (AvgIpc) is 3.30. The Morgan fingerprint density at radius 1 is 0.857 bits per heavy atom. The van der Waals surface area contributed by atoms with Gasteiger partial charge in [0.15, 0.2) is 11.9 Å². The van der Waals surface area contributed by atoms with Gasteiger partial charge < -0.3 is 4.57 Å². The van der Waals surface area contributed by atoms with Crippen molar-refractivity contribution in [1.29, 1.82) is 0 Å². The van der Waals surface area contributed by atoms with Crippen molar-refractivity contribution in [3.63, 3.8) is 0 Å². The minimum Gasteiger partial charge on any atom is -0.311 e. The van der Waals surface area contributed by atoms with Gasteiger partial charge in [-0.1, -0.05) is 60.7 Å². The van der Waals surface area contributed by atoms with Gasteiger partial charge in [-0.15, -0.1) is 5.10 Å². The van der Waals surface area contributed by atoms with E-state index in [-0.39, 0.29) is 5.78 Å². The third-order valence-corrected chi connectivity index (χ3v) is 5.26. The van der Waals surface area contributed by atoms with Gasteiger partial charge in [0.25, 0.3) is 0 Å². The van der Waals surface area contributed by atoms with Gasteiger partial charge in [-0.25, -0.2) is 4.68 Å². The molecule has 0 radical (unpaired) electrons. The number of nitrogens with zero attached hydrogens (tertiary/aromatic N) is 4. The molecule has 0 N–H and O–H groups in total. The van der Waals surface area contributed by atoms with Gasteiger partial charge in [-0.3, -0.25) is 4.79 Å². The van der Waals surface area contributed by atoms with E-state index in [1.807, 2.05) is 55.5 Å². The molecule has 0 aliphatic rings. The van der Waals surface area contributed by atoms with E-state index in [9.17, 15) is 4.79 Å². The Morgan fingerprint density at radius 3 is 2.07 bits per heavy atom. The van der Waals surface area contributed by atoms with E-state index in [2.05, 4.69) is 39.1 Å². The molecule has 2 aromatic heterocycles. The highest BCUT2D eigenvalue weighted by atomic mass is 16.1. The van der Waals surface area contributed by atoms with Gasteiger partial charge in [0.1, 0.15) is 5.52 Å². The standard InChI is InChI=1S/C23H20N4O/c1-2-9-22(28)23(27-21-15-8-5-12-18(21)24-25-27)26-19-13-6-3-10-16(19)17-11-4-7-14-20(17)26/h3-8,10-15,23H,2,9H2,1H3. The van der Waals surface area contributed by atoms with Crippen LogP contribution in [0.2, 0.25) is 0 Å². The summed E-state index contributed by atoms with van der Waals surface area (Å²) < 4.78 is 3.88. The molecular weight excluding hydrogens is 348 g/mol. The maximum atomic E-state index is 13.4. The minimum atomic E-state index is -0.572. The van der Waals surface area contributed by atoms with Gasteiger partial charge in [0.2, 0.25) is 0 Å². The van der Waals surface area contributed by atoms with E-state index in [4.69, 9.17) is 0 Å². The van der Waals surface area contributed by atoms with Gasteiger partial charge in [0.05, 0.1) is 16.6 Å². The van der Waals surface area contributed by atoms with Crippen LogP contribution in [0.4, 0.5) is 0 Å². The molecule has 0 saturated carbocycles. The topological polar surface area (TPSA) is 52.7 Å². The van der Waals surface area contributed by atoms with Gasteiger partial charge in [0, 0.05) is 17.2 Å². The average molecular weight is 368 g/mol. The smallest absolute Gasteiger partial charge is 0.189 e. The van der Waals surface area contributed by atoms with Gasteiger partial charge >= 0.3 is 0 Å². The minimum absolute atomic E-state index is 0.129. The van der Waals surface area contributed by atoms with E-state index in [1.54, 1.807) is 4.68 Å². The third-order valence-electron chi connectivity index (χ3n) is 5.26. The van der Waals surface area contributed by atoms with Crippen LogP contribution in [0.25, 0.3) is 32.8 Å². The number of para-hydroxylation sites is 3. The molecule has 5 rings (SSSR count).